The molecule has 4 nitrogen and oxygen atoms in total. The molecular weight excluding hydrogens is 228 g/mol. The number of hydrogen-bond acceptors (Lipinski definition) is 4. The van der Waals surface area contributed by atoms with Crippen molar-refractivity contribution in [1.82, 2.24) is 10.2 Å². The molecule has 0 aromatic heterocycles. The van der Waals surface area contributed by atoms with Crippen LogP contribution in [-0.4, -0.2) is 63.5 Å². The lowest BCUT2D eigenvalue weighted by Gasteiger charge is -2.31. The summed E-state index contributed by atoms with van der Waals surface area (Å²) in [7, 11) is 1.75. The fourth-order valence-electron chi connectivity index (χ4n) is 3.02. The molecule has 0 aromatic carbocycles. The summed E-state index contributed by atoms with van der Waals surface area (Å²) in [6.45, 7) is 6.21. The van der Waals surface area contributed by atoms with E-state index in [1.165, 1.54) is 38.6 Å². The van der Waals surface area contributed by atoms with Crippen molar-refractivity contribution in [2.45, 2.75) is 44.2 Å². The van der Waals surface area contributed by atoms with Crippen LogP contribution in [0.5, 0.6) is 0 Å². The van der Waals surface area contributed by atoms with Crippen LogP contribution >= 0.6 is 0 Å². The summed E-state index contributed by atoms with van der Waals surface area (Å²) >= 11 is 0. The first-order valence-electron chi connectivity index (χ1n) is 7.45. The number of rotatable bonds is 7. The summed E-state index contributed by atoms with van der Waals surface area (Å²) in [5.74, 6) is 0. The van der Waals surface area contributed by atoms with Gasteiger partial charge in [0.1, 0.15) is 0 Å². The second-order valence-corrected chi connectivity index (χ2v) is 5.48. The third kappa shape index (κ3) is 4.50. The average molecular weight is 256 g/mol. The average Bonchev–Trinajstić information content (AvgIpc) is 2.83. The molecule has 0 amide bonds. The lowest BCUT2D eigenvalue weighted by Crippen LogP contribution is -2.43. The lowest BCUT2D eigenvalue weighted by atomic mass is 10.1. The van der Waals surface area contributed by atoms with Gasteiger partial charge in [-0.1, -0.05) is 0 Å². The first kappa shape index (κ1) is 14.3. The molecule has 2 atom stereocenters. The van der Waals surface area contributed by atoms with Gasteiger partial charge >= 0.3 is 0 Å². The van der Waals surface area contributed by atoms with E-state index in [1.54, 1.807) is 7.11 Å². The van der Waals surface area contributed by atoms with Crippen LogP contribution in [-0.2, 0) is 9.47 Å². The molecule has 18 heavy (non-hydrogen) atoms. The predicted octanol–water partition coefficient (Wildman–Crippen LogP) is 1.26. The maximum atomic E-state index is 5.85. The number of ether oxygens (including phenoxy) is 2. The van der Waals surface area contributed by atoms with Crippen molar-refractivity contribution in [3.63, 3.8) is 0 Å². The van der Waals surface area contributed by atoms with Crippen molar-refractivity contribution >= 4 is 0 Å². The van der Waals surface area contributed by atoms with Gasteiger partial charge in [0.05, 0.1) is 12.7 Å². The van der Waals surface area contributed by atoms with Gasteiger partial charge in [0, 0.05) is 39.4 Å². The number of methoxy groups -OCH3 is 1. The van der Waals surface area contributed by atoms with Gasteiger partial charge in [-0.15, -0.1) is 0 Å². The highest BCUT2D eigenvalue weighted by Gasteiger charge is 2.27. The van der Waals surface area contributed by atoms with E-state index in [9.17, 15) is 0 Å². The zero-order valence-corrected chi connectivity index (χ0v) is 11.7. The van der Waals surface area contributed by atoms with Crippen LogP contribution in [0.2, 0.25) is 0 Å². The lowest BCUT2D eigenvalue weighted by molar-refractivity contribution is -0.00785. The van der Waals surface area contributed by atoms with Gasteiger partial charge < -0.3 is 14.8 Å². The molecule has 2 unspecified atom stereocenters. The second kappa shape index (κ2) is 8.10. The Bertz CT molecular complexity index is 220. The Kier molecular flexibility index (Phi) is 6.41. The zero-order valence-electron chi connectivity index (χ0n) is 11.7. The molecule has 2 aliphatic heterocycles. The molecule has 0 aliphatic carbocycles. The minimum Gasteiger partial charge on any atom is -0.383 e. The van der Waals surface area contributed by atoms with Crippen LogP contribution in [0, 0.1) is 0 Å². The minimum absolute atomic E-state index is 0.485. The molecule has 1 N–H and O–H groups in total. The van der Waals surface area contributed by atoms with E-state index in [4.69, 9.17) is 9.47 Å². The Morgan fingerprint density at radius 3 is 3.00 bits per heavy atom. The molecule has 0 radical (unpaired) electrons. The van der Waals surface area contributed by atoms with Crippen molar-refractivity contribution in [3.05, 3.63) is 0 Å². The van der Waals surface area contributed by atoms with Crippen molar-refractivity contribution in [3.8, 4) is 0 Å². The summed E-state index contributed by atoms with van der Waals surface area (Å²) in [5.41, 5.74) is 0. The summed E-state index contributed by atoms with van der Waals surface area (Å²) in [6, 6.07) is 0.701. The van der Waals surface area contributed by atoms with Gasteiger partial charge in [-0.3, -0.25) is 4.90 Å². The van der Waals surface area contributed by atoms with E-state index >= 15 is 0 Å². The van der Waals surface area contributed by atoms with E-state index in [2.05, 4.69) is 10.2 Å². The van der Waals surface area contributed by atoms with Crippen LogP contribution in [0.25, 0.3) is 0 Å². The highest BCUT2D eigenvalue weighted by Crippen LogP contribution is 2.20. The van der Waals surface area contributed by atoms with Crippen molar-refractivity contribution in [2.24, 2.45) is 0 Å². The Morgan fingerprint density at radius 2 is 2.22 bits per heavy atom. The van der Waals surface area contributed by atoms with E-state index in [-0.39, 0.29) is 0 Å². The van der Waals surface area contributed by atoms with Gasteiger partial charge in [0.25, 0.3) is 0 Å². The number of nitrogens with zero attached hydrogens (tertiary/aromatic N) is 1. The monoisotopic (exact) mass is 256 g/mol. The highest BCUT2D eigenvalue weighted by atomic mass is 16.5. The van der Waals surface area contributed by atoms with Crippen molar-refractivity contribution < 1.29 is 9.47 Å². The second-order valence-electron chi connectivity index (χ2n) is 5.48. The maximum absolute atomic E-state index is 5.85. The predicted molar refractivity (Wildman–Crippen MR) is 72.9 cm³/mol. The smallest absolute Gasteiger partial charge is 0.0702 e. The Labute approximate surface area is 111 Å². The summed E-state index contributed by atoms with van der Waals surface area (Å²) in [4.78, 5) is 2.62. The van der Waals surface area contributed by atoms with Gasteiger partial charge in [0.2, 0.25) is 0 Å². The van der Waals surface area contributed by atoms with Crippen LogP contribution in [0.15, 0.2) is 0 Å². The van der Waals surface area contributed by atoms with Crippen LogP contribution in [0.4, 0.5) is 0 Å². The third-order valence-electron chi connectivity index (χ3n) is 4.07. The Hall–Kier alpha value is -0.160. The fourth-order valence-corrected chi connectivity index (χ4v) is 3.02. The van der Waals surface area contributed by atoms with Crippen molar-refractivity contribution in [1.29, 1.82) is 0 Å². The van der Waals surface area contributed by atoms with Crippen LogP contribution in [0.1, 0.15) is 32.1 Å². The molecule has 2 heterocycles. The van der Waals surface area contributed by atoms with Gasteiger partial charge in [0.15, 0.2) is 0 Å². The maximum Gasteiger partial charge on any atom is 0.0702 e. The molecular formula is C14H28N2O2. The Morgan fingerprint density at radius 1 is 1.28 bits per heavy atom. The molecule has 2 saturated heterocycles. The molecule has 2 rings (SSSR count). The number of likely N-dealkylation sites (tertiary alicyclic amines) is 1. The van der Waals surface area contributed by atoms with E-state index < -0.39 is 0 Å². The number of hydrogen-bond donors (Lipinski definition) is 1. The normalized spacial score (nSPS) is 29.8. The molecule has 2 aliphatic rings. The molecule has 0 spiro atoms. The number of nitrogens with one attached hydrogen (secondary N) is 1. The summed E-state index contributed by atoms with van der Waals surface area (Å²) in [5, 5.41) is 3.49. The standard InChI is InChI=1S/C14H28N2O2/c1-17-10-7-15-11-13-5-4-8-16(13)12-14-6-2-3-9-18-14/h13-15H,2-12H2,1H3. The molecule has 0 bridgehead atoms. The summed E-state index contributed by atoms with van der Waals surface area (Å²) < 4.78 is 10.9. The van der Waals surface area contributed by atoms with E-state index in [1.807, 2.05) is 0 Å². The quantitative estimate of drug-likeness (QED) is 0.695. The Balaban J connectivity index is 1.66. The molecule has 0 aromatic rings. The minimum atomic E-state index is 0.485. The van der Waals surface area contributed by atoms with Crippen molar-refractivity contribution in [2.75, 3.05) is 46.5 Å². The fraction of sp³-hybridized carbons (Fsp3) is 1.00. The molecule has 106 valence electrons. The molecule has 2 fully saturated rings. The van der Waals surface area contributed by atoms with E-state index in [0.29, 0.717) is 12.1 Å². The van der Waals surface area contributed by atoms with Gasteiger partial charge in [-0.05, 0) is 38.6 Å². The largest absolute Gasteiger partial charge is 0.383 e. The molecule has 4 heteroatoms. The van der Waals surface area contributed by atoms with Crippen LogP contribution < -0.4 is 5.32 Å². The first-order chi connectivity index (χ1) is 8.90. The highest BCUT2D eigenvalue weighted by molar-refractivity contribution is 4.83. The zero-order chi connectivity index (χ0) is 12.6. The summed E-state index contributed by atoms with van der Waals surface area (Å²) in [6.07, 6.45) is 6.99. The molecule has 0 saturated carbocycles. The van der Waals surface area contributed by atoms with E-state index in [0.717, 1.165) is 32.8 Å². The topological polar surface area (TPSA) is 33.7 Å². The van der Waals surface area contributed by atoms with Gasteiger partial charge in [-0.25, -0.2) is 0 Å². The van der Waals surface area contributed by atoms with Crippen LogP contribution in [0.3, 0.4) is 0 Å². The SMILES string of the molecule is COCCNCC1CCCN1CC1CCCCO1. The first-order valence-corrected chi connectivity index (χ1v) is 7.45. The van der Waals surface area contributed by atoms with Gasteiger partial charge in [-0.2, -0.15) is 0 Å². The third-order valence-corrected chi connectivity index (χ3v) is 4.07.